The molecule has 0 aromatic heterocycles. The monoisotopic (exact) mass is 439 g/mol. The van der Waals surface area contributed by atoms with Crippen molar-refractivity contribution < 1.29 is 14.3 Å². The van der Waals surface area contributed by atoms with Crippen LogP contribution in [0.1, 0.15) is 37.5 Å². The lowest BCUT2D eigenvalue weighted by Crippen LogP contribution is -2.51. The Labute approximate surface area is 192 Å². The standard InChI is InChI=1S/C26H37N3O3/c1-26(2,3)32-20-23-7-5-6-22(18-23)19-27-25(30)29-16-14-28(15-17-29)13-12-21-8-10-24(31-4)11-9-21/h5-11,18H,12-17,19-20H2,1-4H3,(H,27,30). The third kappa shape index (κ3) is 7.84. The molecule has 1 aliphatic rings. The Morgan fingerprint density at radius 1 is 0.969 bits per heavy atom. The molecule has 6 heteroatoms. The van der Waals surface area contributed by atoms with Gasteiger partial charge in [0.15, 0.2) is 0 Å². The molecule has 1 aliphatic heterocycles. The maximum absolute atomic E-state index is 12.6. The summed E-state index contributed by atoms with van der Waals surface area (Å²) in [5, 5.41) is 3.07. The van der Waals surface area contributed by atoms with E-state index in [0.29, 0.717) is 13.2 Å². The van der Waals surface area contributed by atoms with Crippen molar-refractivity contribution >= 4 is 6.03 Å². The first-order chi connectivity index (χ1) is 15.3. The van der Waals surface area contributed by atoms with E-state index in [1.54, 1.807) is 7.11 Å². The largest absolute Gasteiger partial charge is 0.497 e. The Morgan fingerprint density at radius 2 is 1.66 bits per heavy atom. The molecule has 0 spiro atoms. The molecule has 2 aromatic carbocycles. The summed E-state index contributed by atoms with van der Waals surface area (Å²) in [6.45, 7) is 11.6. The Morgan fingerprint density at radius 3 is 2.31 bits per heavy atom. The smallest absolute Gasteiger partial charge is 0.317 e. The first kappa shape index (κ1) is 24.1. The minimum Gasteiger partial charge on any atom is -0.497 e. The molecule has 2 aromatic rings. The third-order valence-electron chi connectivity index (χ3n) is 5.64. The number of benzene rings is 2. The molecule has 1 fully saturated rings. The van der Waals surface area contributed by atoms with Crippen molar-refractivity contribution in [2.45, 2.75) is 45.9 Å². The van der Waals surface area contributed by atoms with Crippen LogP contribution in [-0.2, 0) is 24.3 Å². The number of nitrogens with zero attached hydrogens (tertiary/aromatic N) is 2. The van der Waals surface area contributed by atoms with Gasteiger partial charge in [-0.25, -0.2) is 4.79 Å². The highest BCUT2D eigenvalue weighted by molar-refractivity contribution is 5.74. The average Bonchev–Trinajstić information content (AvgIpc) is 2.80. The van der Waals surface area contributed by atoms with E-state index in [-0.39, 0.29) is 11.6 Å². The Hall–Kier alpha value is -2.57. The van der Waals surface area contributed by atoms with Crippen LogP contribution in [0.25, 0.3) is 0 Å². The predicted molar refractivity (Wildman–Crippen MR) is 128 cm³/mol. The maximum Gasteiger partial charge on any atom is 0.317 e. The molecule has 0 atom stereocenters. The van der Waals surface area contributed by atoms with E-state index < -0.39 is 0 Å². The van der Waals surface area contributed by atoms with E-state index in [1.165, 1.54) is 5.56 Å². The fourth-order valence-corrected chi connectivity index (χ4v) is 3.67. The van der Waals surface area contributed by atoms with Crippen LogP contribution in [0.2, 0.25) is 0 Å². The Balaban J connectivity index is 1.38. The van der Waals surface area contributed by atoms with Crippen LogP contribution >= 0.6 is 0 Å². The van der Waals surface area contributed by atoms with E-state index in [0.717, 1.165) is 56.0 Å². The molecule has 1 heterocycles. The van der Waals surface area contributed by atoms with Crippen LogP contribution in [0, 0.1) is 0 Å². The average molecular weight is 440 g/mol. The first-order valence-electron chi connectivity index (χ1n) is 11.4. The van der Waals surface area contributed by atoms with Gasteiger partial charge in [-0.05, 0) is 56.0 Å². The van der Waals surface area contributed by atoms with E-state index >= 15 is 0 Å². The molecule has 6 nitrogen and oxygen atoms in total. The van der Waals surface area contributed by atoms with Gasteiger partial charge < -0.3 is 19.7 Å². The summed E-state index contributed by atoms with van der Waals surface area (Å²) in [6, 6.07) is 16.5. The molecular weight excluding hydrogens is 402 g/mol. The molecule has 0 aliphatic carbocycles. The van der Waals surface area contributed by atoms with E-state index in [9.17, 15) is 4.79 Å². The van der Waals surface area contributed by atoms with Crippen molar-refractivity contribution in [2.24, 2.45) is 0 Å². The SMILES string of the molecule is COc1ccc(CCN2CCN(C(=O)NCc3cccc(COC(C)(C)C)c3)CC2)cc1. The third-order valence-corrected chi connectivity index (χ3v) is 5.64. The van der Waals surface area contributed by atoms with E-state index in [4.69, 9.17) is 9.47 Å². The van der Waals surface area contributed by atoms with Crippen LogP contribution in [-0.4, -0.2) is 61.3 Å². The molecule has 1 saturated heterocycles. The summed E-state index contributed by atoms with van der Waals surface area (Å²) in [4.78, 5) is 17.0. The molecule has 0 unspecified atom stereocenters. The lowest BCUT2D eigenvalue weighted by Gasteiger charge is -2.34. The summed E-state index contributed by atoms with van der Waals surface area (Å²) < 4.78 is 11.1. The highest BCUT2D eigenvalue weighted by atomic mass is 16.5. The van der Waals surface area contributed by atoms with Crippen LogP contribution < -0.4 is 10.1 Å². The summed E-state index contributed by atoms with van der Waals surface area (Å²) in [7, 11) is 1.69. The lowest BCUT2D eigenvalue weighted by molar-refractivity contribution is -0.0149. The van der Waals surface area contributed by atoms with Crippen molar-refractivity contribution in [2.75, 3.05) is 39.8 Å². The highest BCUT2D eigenvalue weighted by Gasteiger charge is 2.20. The number of piperazine rings is 1. The van der Waals surface area contributed by atoms with E-state index in [2.05, 4.69) is 55.3 Å². The fraction of sp³-hybridized carbons (Fsp3) is 0.500. The van der Waals surface area contributed by atoms with Gasteiger partial charge in [-0.15, -0.1) is 0 Å². The summed E-state index contributed by atoms with van der Waals surface area (Å²) in [5.41, 5.74) is 3.35. The zero-order chi connectivity index (χ0) is 23.0. The number of nitrogens with one attached hydrogen (secondary N) is 1. The van der Waals surface area contributed by atoms with Crippen molar-refractivity contribution in [3.8, 4) is 5.75 Å². The summed E-state index contributed by atoms with van der Waals surface area (Å²) in [5.74, 6) is 0.887. The van der Waals surface area contributed by atoms with Crippen molar-refractivity contribution in [1.29, 1.82) is 0 Å². The number of amides is 2. The van der Waals surface area contributed by atoms with Gasteiger partial charge in [0, 0.05) is 39.3 Å². The number of carbonyl (C=O) groups is 1. The molecule has 0 saturated carbocycles. The topological polar surface area (TPSA) is 54.0 Å². The van der Waals surface area contributed by atoms with Gasteiger partial charge in [-0.1, -0.05) is 36.4 Å². The lowest BCUT2D eigenvalue weighted by atomic mass is 10.1. The number of urea groups is 1. The second kappa shape index (κ2) is 11.3. The van der Waals surface area contributed by atoms with Crippen LogP contribution in [0.15, 0.2) is 48.5 Å². The normalized spacial score (nSPS) is 14.9. The Bertz CT molecular complexity index is 853. The van der Waals surface area contributed by atoms with Gasteiger partial charge in [0.25, 0.3) is 0 Å². The molecule has 2 amide bonds. The summed E-state index contributed by atoms with van der Waals surface area (Å²) >= 11 is 0. The molecular formula is C26H37N3O3. The quantitative estimate of drug-likeness (QED) is 0.673. The number of hydrogen-bond acceptors (Lipinski definition) is 4. The summed E-state index contributed by atoms with van der Waals surface area (Å²) in [6.07, 6.45) is 1.01. The maximum atomic E-state index is 12.6. The molecule has 3 rings (SSSR count). The minimum atomic E-state index is -0.166. The van der Waals surface area contributed by atoms with Gasteiger partial charge >= 0.3 is 6.03 Å². The number of carbonyl (C=O) groups excluding carboxylic acids is 1. The zero-order valence-corrected chi connectivity index (χ0v) is 19.9. The number of methoxy groups -OCH3 is 1. The van der Waals surface area contributed by atoms with Gasteiger partial charge in [-0.2, -0.15) is 0 Å². The predicted octanol–water partition coefficient (Wildman–Crippen LogP) is 4.08. The number of rotatable bonds is 8. The van der Waals surface area contributed by atoms with Gasteiger partial charge in [0.05, 0.1) is 19.3 Å². The molecule has 1 N–H and O–H groups in total. The van der Waals surface area contributed by atoms with Gasteiger partial charge in [-0.3, -0.25) is 4.90 Å². The van der Waals surface area contributed by atoms with Crippen molar-refractivity contribution in [3.63, 3.8) is 0 Å². The van der Waals surface area contributed by atoms with Crippen LogP contribution in [0.4, 0.5) is 4.79 Å². The molecule has 0 bridgehead atoms. The first-order valence-corrected chi connectivity index (χ1v) is 11.4. The molecule has 174 valence electrons. The van der Waals surface area contributed by atoms with Crippen molar-refractivity contribution in [1.82, 2.24) is 15.1 Å². The highest BCUT2D eigenvalue weighted by Crippen LogP contribution is 2.14. The van der Waals surface area contributed by atoms with Gasteiger partial charge in [0.1, 0.15) is 5.75 Å². The second-order valence-electron chi connectivity index (χ2n) is 9.31. The van der Waals surface area contributed by atoms with Gasteiger partial charge in [0.2, 0.25) is 0 Å². The van der Waals surface area contributed by atoms with E-state index in [1.807, 2.05) is 29.2 Å². The molecule has 32 heavy (non-hydrogen) atoms. The molecule has 0 radical (unpaired) electrons. The fourth-order valence-electron chi connectivity index (χ4n) is 3.67. The minimum absolute atomic E-state index is 0.0103. The number of ether oxygens (including phenoxy) is 2. The van der Waals surface area contributed by atoms with Crippen molar-refractivity contribution in [3.05, 3.63) is 65.2 Å². The van der Waals surface area contributed by atoms with Crippen LogP contribution in [0.5, 0.6) is 5.75 Å². The number of hydrogen-bond donors (Lipinski definition) is 1. The Kier molecular flexibility index (Phi) is 8.53. The second-order valence-corrected chi connectivity index (χ2v) is 9.31. The van der Waals surface area contributed by atoms with Crippen LogP contribution in [0.3, 0.4) is 0 Å². The zero-order valence-electron chi connectivity index (χ0n) is 19.9.